The second kappa shape index (κ2) is 7.22. The van der Waals surface area contributed by atoms with Crippen molar-refractivity contribution in [1.82, 2.24) is 14.9 Å². The first kappa shape index (κ1) is 15.6. The maximum atomic E-state index is 12.0. The molecule has 2 N–H and O–H groups in total. The van der Waals surface area contributed by atoms with Crippen LogP contribution in [0.4, 0.5) is 0 Å². The van der Waals surface area contributed by atoms with Gasteiger partial charge in [0.2, 0.25) is 0 Å². The normalized spacial score (nSPS) is 11.5. The van der Waals surface area contributed by atoms with Gasteiger partial charge >= 0.3 is 5.97 Å². The molecule has 0 atom stereocenters. The Labute approximate surface area is 111 Å². The topological polar surface area (TPSA) is 110 Å². The van der Waals surface area contributed by atoms with E-state index >= 15 is 0 Å². The Balaban J connectivity index is 2.78. The number of carbonyl (C=O) groups excluding carboxylic acids is 1. The molecule has 0 aromatic carbocycles. The molecule has 0 saturated carbocycles. The van der Waals surface area contributed by atoms with Crippen LogP contribution in [0.5, 0.6) is 0 Å². The zero-order valence-corrected chi connectivity index (χ0v) is 11.6. The van der Waals surface area contributed by atoms with Crippen molar-refractivity contribution in [3.05, 3.63) is 11.8 Å². The number of aromatic nitrogens is 2. The fourth-order valence-electron chi connectivity index (χ4n) is 1.33. The predicted octanol–water partition coefficient (Wildman–Crippen LogP) is -0.0988. The van der Waals surface area contributed by atoms with E-state index in [9.17, 15) is 13.2 Å². The van der Waals surface area contributed by atoms with Crippen molar-refractivity contribution in [1.29, 1.82) is 0 Å². The number of hydrogen-bond acceptors (Lipinski definition) is 6. The first-order valence-corrected chi connectivity index (χ1v) is 7.20. The summed E-state index contributed by atoms with van der Waals surface area (Å²) >= 11 is 0. The van der Waals surface area contributed by atoms with Crippen LogP contribution in [0, 0.1) is 0 Å². The van der Waals surface area contributed by atoms with Crippen LogP contribution < -0.4 is 4.72 Å². The van der Waals surface area contributed by atoms with Gasteiger partial charge < -0.3 is 9.47 Å². The number of nitrogens with zero attached hydrogens (tertiary/aromatic N) is 1. The minimum Gasteiger partial charge on any atom is -0.462 e. The molecule has 0 radical (unpaired) electrons. The molecule has 0 unspecified atom stereocenters. The lowest BCUT2D eigenvalue weighted by Crippen LogP contribution is -2.27. The molecule has 8 nitrogen and oxygen atoms in total. The molecule has 0 aliphatic carbocycles. The summed E-state index contributed by atoms with van der Waals surface area (Å²) in [6.45, 7) is 2.44. The number of hydrogen-bond donors (Lipinski definition) is 2. The van der Waals surface area contributed by atoms with E-state index in [1.807, 2.05) is 0 Å². The number of methoxy groups -OCH3 is 1. The first-order valence-electron chi connectivity index (χ1n) is 5.72. The quantitative estimate of drug-likeness (QED) is 0.511. The van der Waals surface area contributed by atoms with E-state index in [4.69, 9.17) is 9.47 Å². The van der Waals surface area contributed by atoms with Crippen LogP contribution in [0.2, 0.25) is 0 Å². The summed E-state index contributed by atoms with van der Waals surface area (Å²) in [6, 6.07) is 0. The van der Waals surface area contributed by atoms with Crippen LogP contribution in [0.25, 0.3) is 0 Å². The van der Waals surface area contributed by atoms with Crippen molar-refractivity contribution < 1.29 is 22.7 Å². The predicted molar refractivity (Wildman–Crippen MR) is 66.2 cm³/mol. The van der Waals surface area contributed by atoms with E-state index in [2.05, 4.69) is 14.9 Å². The molecule has 9 heteroatoms. The number of carbonyl (C=O) groups is 1. The van der Waals surface area contributed by atoms with Gasteiger partial charge in [-0.2, -0.15) is 5.10 Å². The molecule has 0 saturated heterocycles. The van der Waals surface area contributed by atoms with Crippen LogP contribution in [0.3, 0.4) is 0 Å². The summed E-state index contributed by atoms with van der Waals surface area (Å²) in [5.41, 5.74) is -0.110. The molecule has 1 heterocycles. The van der Waals surface area contributed by atoms with Gasteiger partial charge in [-0.05, 0) is 13.3 Å². The number of nitrogens with one attached hydrogen (secondary N) is 2. The number of rotatable bonds is 8. The van der Waals surface area contributed by atoms with Crippen molar-refractivity contribution >= 4 is 16.0 Å². The molecule has 1 aromatic heterocycles. The third-order valence-corrected chi connectivity index (χ3v) is 3.62. The van der Waals surface area contributed by atoms with Gasteiger partial charge in [0.1, 0.15) is 5.56 Å². The second-order valence-corrected chi connectivity index (χ2v) is 5.28. The number of sulfonamides is 1. The SMILES string of the molecule is CCOC(=O)c1cn[nH]c1S(=O)(=O)NCCCOC. The van der Waals surface area contributed by atoms with Crippen molar-refractivity contribution in [2.45, 2.75) is 18.4 Å². The highest BCUT2D eigenvalue weighted by atomic mass is 32.2. The van der Waals surface area contributed by atoms with Gasteiger partial charge in [0.25, 0.3) is 10.0 Å². The molecule has 0 fully saturated rings. The number of H-pyrrole nitrogens is 1. The smallest absolute Gasteiger partial charge is 0.342 e. The van der Waals surface area contributed by atoms with E-state index < -0.39 is 16.0 Å². The number of ether oxygens (including phenoxy) is 2. The van der Waals surface area contributed by atoms with Gasteiger partial charge in [-0.1, -0.05) is 0 Å². The molecule has 0 aliphatic heterocycles. The van der Waals surface area contributed by atoms with Crippen LogP contribution in [-0.2, 0) is 19.5 Å². The molecule has 0 aliphatic rings. The van der Waals surface area contributed by atoms with E-state index in [1.54, 1.807) is 6.92 Å². The van der Waals surface area contributed by atoms with Crippen molar-refractivity contribution in [3.8, 4) is 0 Å². The summed E-state index contributed by atoms with van der Waals surface area (Å²) in [6.07, 6.45) is 1.65. The zero-order valence-electron chi connectivity index (χ0n) is 10.8. The fourth-order valence-corrected chi connectivity index (χ4v) is 2.48. The van der Waals surface area contributed by atoms with Gasteiger partial charge in [0.05, 0.1) is 12.8 Å². The van der Waals surface area contributed by atoms with Crippen LogP contribution in [0.1, 0.15) is 23.7 Å². The molecule has 1 aromatic rings. The average molecular weight is 291 g/mol. The lowest BCUT2D eigenvalue weighted by atomic mass is 10.4. The minimum absolute atomic E-state index is 0.110. The van der Waals surface area contributed by atoms with E-state index in [0.29, 0.717) is 13.0 Å². The van der Waals surface area contributed by atoms with Gasteiger partial charge in [-0.25, -0.2) is 17.9 Å². The molecule has 0 amide bonds. The highest BCUT2D eigenvalue weighted by molar-refractivity contribution is 7.89. The Kier molecular flexibility index (Phi) is 5.93. The molecular weight excluding hydrogens is 274 g/mol. The van der Waals surface area contributed by atoms with E-state index in [1.165, 1.54) is 7.11 Å². The van der Waals surface area contributed by atoms with Crippen LogP contribution >= 0.6 is 0 Å². The zero-order chi connectivity index (χ0) is 14.3. The minimum atomic E-state index is -3.82. The third kappa shape index (κ3) is 4.30. The summed E-state index contributed by atoms with van der Waals surface area (Å²) in [5, 5.41) is 5.57. The summed E-state index contributed by atoms with van der Waals surface area (Å²) in [5.74, 6) is -0.728. The van der Waals surface area contributed by atoms with Crippen molar-refractivity contribution in [3.63, 3.8) is 0 Å². The van der Waals surface area contributed by atoms with E-state index in [0.717, 1.165) is 6.20 Å². The fraction of sp³-hybridized carbons (Fsp3) is 0.600. The summed E-state index contributed by atoms with van der Waals surface area (Å²) in [7, 11) is -2.29. The molecule has 19 heavy (non-hydrogen) atoms. The summed E-state index contributed by atoms with van der Waals surface area (Å²) < 4.78 is 35.8. The van der Waals surface area contributed by atoms with Gasteiger partial charge in [0, 0.05) is 20.3 Å². The Morgan fingerprint density at radius 1 is 1.53 bits per heavy atom. The Bertz CT molecular complexity index is 511. The molecule has 1 rings (SSSR count). The second-order valence-electron chi connectivity index (χ2n) is 3.58. The Hall–Kier alpha value is -1.45. The monoisotopic (exact) mass is 291 g/mol. The maximum absolute atomic E-state index is 12.0. The Morgan fingerprint density at radius 2 is 2.26 bits per heavy atom. The first-order chi connectivity index (χ1) is 9.03. The van der Waals surface area contributed by atoms with Crippen molar-refractivity contribution in [2.75, 3.05) is 26.9 Å². The largest absolute Gasteiger partial charge is 0.462 e. The lowest BCUT2D eigenvalue weighted by molar-refractivity contribution is 0.0522. The van der Waals surface area contributed by atoms with Gasteiger partial charge in [0.15, 0.2) is 5.03 Å². The van der Waals surface area contributed by atoms with Crippen molar-refractivity contribution in [2.24, 2.45) is 0 Å². The van der Waals surface area contributed by atoms with Crippen LogP contribution in [-0.4, -0.2) is 51.5 Å². The lowest BCUT2D eigenvalue weighted by Gasteiger charge is -2.06. The molecule has 108 valence electrons. The van der Waals surface area contributed by atoms with Crippen LogP contribution in [0.15, 0.2) is 11.2 Å². The number of aromatic amines is 1. The highest BCUT2D eigenvalue weighted by Gasteiger charge is 2.25. The maximum Gasteiger partial charge on any atom is 0.342 e. The number of esters is 1. The molecule has 0 bridgehead atoms. The summed E-state index contributed by atoms with van der Waals surface area (Å²) in [4.78, 5) is 11.6. The van der Waals surface area contributed by atoms with Gasteiger partial charge in [-0.3, -0.25) is 5.10 Å². The van der Waals surface area contributed by atoms with Gasteiger partial charge in [-0.15, -0.1) is 0 Å². The van der Waals surface area contributed by atoms with E-state index in [-0.39, 0.29) is 23.7 Å². The standard InChI is InChI=1S/C10H17N3O5S/c1-3-18-10(14)8-7-11-13-9(8)19(15,16)12-5-4-6-17-2/h7,12H,3-6H2,1-2H3,(H,11,13). The molecule has 0 spiro atoms. The highest BCUT2D eigenvalue weighted by Crippen LogP contribution is 2.12. The average Bonchev–Trinajstić information content (AvgIpc) is 2.85. The molecular formula is C10H17N3O5S. The Morgan fingerprint density at radius 3 is 2.89 bits per heavy atom. The third-order valence-electron chi connectivity index (χ3n) is 2.19.